The molecule has 0 aromatic carbocycles. The third kappa shape index (κ3) is 3.55. The molecule has 0 aliphatic carbocycles. The molecule has 5 rings (SSSR count). The summed E-state index contributed by atoms with van der Waals surface area (Å²) in [4.78, 5) is 35.3. The van der Waals surface area contributed by atoms with E-state index in [-0.39, 0.29) is 17.6 Å². The van der Waals surface area contributed by atoms with E-state index >= 15 is 0 Å². The lowest BCUT2D eigenvalue weighted by Crippen LogP contribution is -2.35. The SMILES string of the molecule is O=C1/C(=C/c2c(N3CCCC3)nc3ccccn3c2=O)SC(=S)N1CC1CCCO1. The van der Waals surface area contributed by atoms with Crippen molar-refractivity contribution < 1.29 is 9.53 Å². The summed E-state index contributed by atoms with van der Waals surface area (Å²) in [5.41, 5.74) is 0.873. The molecule has 2 aromatic heterocycles. The topological polar surface area (TPSA) is 67.2 Å². The number of aromatic nitrogens is 2. The maximum atomic E-state index is 13.3. The average Bonchev–Trinajstić information content (AvgIpc) is 3.50. The van der Waals surface area contributed by atoms with Crippen LogP contribution in [0.25, 0.3) is 11.7 Å². The van der Waals surface area contributed by atoms with Crippen LogP contribution in [0.5, 0.6) is 0 Å². The van der Waals surface area contributed by atoms with E-state index < -0.39 is 0 Å². The van der Waals surface area contributed by atoms with Gasteiger partial charge in [0.25, 0.3) is 11.5 Å². The van der Waals surface area contributed by atoms with E-state index in [4.69, 9.17) is 21.9 Å². The number of thioether (sulfide) groups is 1. The number of fused-ring (bicyclic) bond motifs is 1. The predicted molar refractivity (Wildman–Crippen MR) is 122 cm³/mol. The van der Waals surface area contributed by atoms with Crippen LogP contribution in [0, 0.1) is 0 Å². The molecule has 5 heterocycles. The molecule has 0 N–H and O–H groups in total. The molecule has 9 heteroatoms. The Hall–Kier alpha value is -2.23. The number of rotatable bonds is 4. The van der Waals surface area contributed by atoms with E-state index in [2.05, 4.69) is 4.90 Å². The maximum absolute atomic E-state index is 13.3. The minimum absolute atomic E-state index is 0.0278. The first kappa shape index (κ1) is 19.7. The van der Waals surface area contributed by atoms with Gasteiger partial charge >= 0.3 is 0 Å². The number of ether oxygens (including phenoxy) is 1. The highest BCUT2D eigenvalue weighted by Crippen LogP contribution is 2.34. The molecule has 3 aliphatic heterocycles. The lowest BCUT2D eigenvalue weighted by Gasteiger charge is -2.19. The Morgan fingerprint density at radius 2 is 2.07 bits per heavy atom. The molecular formula is C21H22N4O3S2. The van der Waals surface area contributed by atoms with Crippen molar-refractivity contribution in [2.75, 3.05) is 31.1 Å². The van der Waals surface area contributed by atoms with Gasteiger partial charge in [-0.1, -0.05) is 30.0 Å². The maximum Gasteiger partial charge on any atom is 0.267 e. The van der Waals surface area contributed by atoms with Gasteiger partial charge in [0.15, 0.2) is 0 Å². The third-order valence-electron chi connectivity index (χ3n) is 5.71. The molecular weight excluding hydrogens is 420 g/mol. The van der Waals surface area contributed by atoms with Crippen LogP contribution in [0.15, 0.2) is 34.1 Å². The average molecular weight is 443 g/mol. The van der Waals surface area contributed by atoms with Crippen LogP contribution in [0.4, 0.5) is 5.82 Å². The summed E-state index contributed by atoms with van der Waals surface area (Å²) in [5.74, 6) is 0.485. The molecule has 1 amide bonds. The Kier molecular flexibility index (Phi) is 5.34. The largest absolute Gasteiger partial charge is 0.376 e. The van der Waals surface area contributed by atoms with Gasteiger partial charge in [-0.15, -0.1) is 0 Å². The van der Waals surface area contributed by atoms with Crippen molar-refractivity contribution in [1.82, 2.24) is 14.3 Å². The standard InChI is InChI=1S/C21H22N4O3S2/c26-19-15(12-16-20(27)25(21(29)30-16)13-14-6-5-11-28-14)18(23-8-3-4-9-23)22-17-7-1-2-10-24(17)19/h1-2,7,10,12,14H,3-6,8-9,11,13H2/b16-12-. The fraction of sp³-hybridized carbons (Fsp3) is 0.429. The van der Waals surface area contributed by atoms with E-state index in [1.807, 2.05) is 12.1 Å². The van der Waals surface area contributed by atoms with Gasteiger partial charge in [0.05, 0.1) is 23.1 Å². The number of hydrogen-bond donors (Lipinski definition) is 0. The number of nitrogens with zero attached hydrogens (tertiary/aromatic N) is 4. The van der Waals surface area contributed by atoms with Crippen molar-refractivity contribution in [3.8, 4) is 0 Å². The molecule has 0 spiro atoms. The first-order valence-electron chi connectivity index (χ1n) is 10.2. The number of amides is 1. The zero-order valence-corrected chi connectivity index (χ0v) is 18.1. The van der Waals surface area contributed by atoms with Gasteiger partial charge in [0.2, 0.25) is 0 Å². The number of thiocarbonyl (C=S) groups is 1. The van der Waals surface area contributed by atoms with Crippen LogP contribution < -0.4 is 10.5 Å². The molecule has 0 radical (unpaired) electrons. The number of anilines is 1. The molecule has 0 saturated carbocycles. The van der Waals surface area contributed by atoms with E-state index in [1.54, 1.807) is 23.2 Å². The molecule has 7 nitrogen and oxygen atoms in total. The summed E-state index contributed by atoms with van der Waals surface area (Å²) >= 11 is 6.70. The van der Waals surface area contributed by atoms with Crippen LogP contribution in [-0.2, 0) is 9.53 Å². The highest BCUT2D eigenvalue weighted by atomic mass is 32.2. The van der Waals surface area contributed by atoms with E-state index in [1.165, 1.54) is 16.2 Å². The number of carbonyl (C=O) groups excluding carboxylic acids is 1. The third-order valence-corrected chi connectivity index (χ3v) is 7.09. The summed E-state index contributed by atoms with van der Waals surface area (Å²) in [6.07, 6.45) is 7.49. The molecule has 3 fully saturated rings. The molecule has 3 aliphatic rings. The second-order valence-electron chi connectivity index (χ2n) is 7.70. The second kappa shape index (κ2) is 8.13. The van der Waals surface area contributed by atoms with Crippen molar-refractivity contribution >= 4 is 51.7 Å². The molecule has 1 atom stereocenters. The Balaban J connectivity index is 1.55. The number of carbonyl (C=O) groups is 1. The molecule has 156 valence electrons. The molecule has 2 aromatic rings. The van der Waals surface area contributed by atoms with Gasteiger partial charge in [-0.25, -0.2) is 4.98 Å². The zero-order chi connectivity index (χ0) is 20.7. The van der Waals surface area contributed by atoms with Gasteiger partial charge < -0.3 is 9.64 Å². The Labute approximate surface area is 183 Å². The van der Waals surface area contributed by atoms with Gasteiger partial charge in [-0.05, 0) is 43.9 Å². The van der Waals surface area contributed by atoms with E-state index in [0.29, 0.717) is 32.8 Å². The molecule has 3 saturated heterocycles. The number of hydrogen-bond acceptors (Lipinski definition) is 7. The predicted octanol–water partition coefficient (Wildman–Crippen LogP) is 2.67. The van der Waals surface area contributed by atoms with E-state index in [0.717, 1.165) is 45.4 Å². The fourth-order valence-electron chi connectivity index (χ4n) is 4.17. The van der Waals surface area contributed by atoms with Crippen molar-refractivity contribution in [1.29, 1.82) is 0 Å². The van der Waals surface area contributed by atoms with Crippen molar-refractivity contribution in [3.63, 3.8) is 0 Å². The monoisotopic (exact) mass is 442 g/mol. The first-order chi connectivity index (χ1) is 14.6. The summed E-state index contributed by atoms with van der Waals surface area (Å²) in [6.45, 7) is 2.91. The van der Waals surface area contributed by atoms with Gasteiger partial charge in [0, 0.05) is 25.9 Å². The van der Waals surface area contributed by atoms with E-state index in [9.17, 15) is 9.59 Å². The number of pyridine rings is 1. The quantitative estimate of drug-likeness (QED) is 0.533. The fourth-order valence-corrected chi connectivity index (χ4v) is 5.42. The summed E-state index contributed by atoms with van der Waals surface area (Å²) in [7, 11) is 0. The highest BCUT2D eigenvalue weighted by molar-refractivity contribution is 8.26. The van der Waals surface area contributed by atoms with Crippen molar-refractivity contribution in [3.05, 3.63) is 45.2 Å². The summed E-state index contributed by atoms with van der Waals surface area (Å²) < 4.78 is 7.71. The van der Waals surface area contributed by atoms with Crippen LogP contribution in [0.1, 0.15) is 31.2 Å². The normalized spacial score (nSPS) is 23.5. The summed E-state index contributed by atoms with van der Waals surface area (Å²) in [5, 5.41) is 0. The van der Waals surface area contributed by atoms with Crippen LogP contribution in [-0.4, -0.2) is 56.9 Å². The van der Waals surface area contributed by atoms with Gasteiger partial charge in [-0.2, -0.15) is 0 Å². The van der Waals surface area contributed by atoms with Crippen molar-refractivity contribution in [2.45, 2.75) is 31.8 Å². The molecule has 1 unspecified atom stereocenters. The smallest absolute Gasteiger partial charge is 0.267 e. The Morgan fingerprint density at radius 1 is 1.23 bits per heavy atom. The van der Waals surface area contributed by atoms with Gasteiger partial charge in [0.1, 0.15) is 15.8 Å². The second-order valence-corrected chi connectivity index (χ2v) is 9.38. The summed E-state index contributed by atoms with van der Waals surface area (Å²) in [6, 6.07) is 5.49. The van der Waals surface area contributed by atoms with Gasteiger partial charge in [-0.3, -0.25) is 18.9 Å². The van der Waals surface area contributed by atoms with Crippen molar-refractivity contribution in [2.24, 2.45) is 0 Å². The molecule has 30 heavy (non-hydrogen) atoms. The Morgan fingerprint density at radius 3 is 2.83 bits per heavy atom. The Bertz CT molecular complexity index is 1100. The first-order valence-corrected chi connectivity index (χ1v) is 11.5. The van der Waals surface area contributed by atoms with Crippen LogP contribution in [0.3, 0.4) is 0 Å². The zero-order valence-electron chi connectivity index (χ0n) is 16.5. The van der Waals surface area contributed by atoms with Crippen LogP contribution in [0.2, 0.25) is 0 Å². The molecule has 0 bridgehead atoms. The highest BCUT2D eigenvalue weighted by Gasteiger charge is 2.35. The lowest BCUT2D eigenvalue weighted by molar-refractivity contribution is -0.123. The minimum Gasteiger partial charge on any atom is -0.376 e. The van der Waals surface area contributed by atoms with Crippen LogP contribution >= 0.6 is 24.0 Å². The lowest BCUT2D eigenvalue weighted by atomic mass is 10.2. The minimum atomic E-state index is -0.174.